The van der Waals surface area contributed by atoms with Crippen LogP contribution in [0.5, 0.6) is 0 Å². The van der Waals surface area contributed by atoms with Crippen LogP contribution in [-0.2, 0) is 6.54 Å². The molecule has 1 unspecified atom stereocenters. The van der Waals surface area contributed by atoms with Gasteiger partial charge in [0.25, 0.3) is 0 Å². The Balaban J connectivity index is 0.00000128. The summed E-state index contributed by atoms with van der Waals surface area (Å²) in [5, 5.41) is 3.56. The molecule has 16 heavy (non-hydrogen) atoms. The molecule has 0 aliphatic heterocycles. The van der Waals surface area contributed by atoms with Crippen molar-refractivity contribution in [3.63, 3.8) is 0 Å². The number of hydrogen-bond donors (Lipinski definition) is 2. The lowest BCUT2D eigenvalue weighted by atomic mass is 9.96. The Kier molecular flexibility index (Phi) is 5.08. The molecule has 0 amide bonds. The largest absolute Gasteiger partial charge is 0.329 e. The summed E-state index contributed by atoms with van der Waals surface area (Å²) in [6, 6.07) is 4.02. The predicted molar refractivity (Wildman–Crippen MR) is 73.6 cm³/mol. The van der Waals surface area contributed by atoms with Crippen LogP contribution in [0, 0.1) is 5.92 Å². The van der Waals surface area contributed by atoms with Gasteiger partial charge in [0.05, 0.1) is 4.34 Å². The minimum absolute atomic E-state index is 0. The lowest BCUT2D eigenvalue weighted by Crippen LogP contribution is -2.50. The van der Waals surface area contributed by atoms with Gasteiger partial charge in [-0.25, -0.2) is 0 Å². The molecule has 92 valence electrons. The van der Waals surface area contributed by atoms with E-state index in [9.17, 15) is 0 Å². The molecule has 2 rings (SSSR count). The van der Waals surface area contributed by atoms with Crippen molar-refractivity contribution in [1.29, 1.82) is 0 Å². The molecule has 5 heteroatoms. The molecule has 2 nitrogen and oxygen atoms in total. The third kappa shape index (κ3) is 3.34. The molecule has 0 aromatic carbocycles. The first-order valence-electron chi connectivity index (χ1n) is 5.33. The van der Waals surface area contributed by atoms with Crippen LogP contribution in [0.3, 0.4) is 0 Å². The second-order valence-corrected chi connectivity index (χ2v) is 6.25. The molecule has 1 saturated carbocycles. The summed E-state index contributed by atoms with van der Waals surface area (Å²) >= 11 is 7.52. The molecule has 1 atom stereocenters. The molecule has 0 bridgehead atoms. The van der Waals surface area contributed by atoms with Gasteiger partial charge in [-0.05, 0) is 37.8 Å². The fourth-order valence-corrected chi connectivity index (χ4v) is 2.87. The van der Waals surface area contributed by atoms with Crippen LogP contribution in [0.1, 0.15) is 24.6 Å². The molecule has 1 aliphatic rings. The zero-order chi connectivity index (χ0) is 10.9. The smallest absolute Gasteiger partial charge is 0.0931 e. The van der Waals surface area contributed by atoms with Gasteiger partial charge < -0.3 is 11.1 Å². The molecular formula is C11H18Cl2N2S. The van der Waals surface area contributed by atoms with E-state index in [4.69, 9.17) is 17.3 Å². The highest BCUT2D eigenvalue weighted by Crippen LogP contribution is 2.39. The summed E-state index contributed by atoms with van der Waals surface area (Å²) < 4.78 is 0.854. The van der Waals surface area contributed by atoms with E-state index in [-0.39, 0.29) is 17.9 Å². The minimum atomic E-state index is 0. The van der Waals surface area contributed by atoms with Gasteiger partial charge in [0.15, 0.2) is 0 Å². The fourth-order valence-electron chi connectivity index (χ4n) is 1.84. The van der Waals surface area contributed by atoms with E-state index in [2.05, 4.69) is 18.3 Å². The van der Waals surface area contributed by atoms with Crippen molar-refractivity contribution < 1.29 is 0 Å². The second-order valence-electron chi connectivity index (χ2n) is 4.46. The maximum absolute atomic E-state index is 5.89. The lowest BCUT2D eigenvalue weighted by molar-refractivity contribution is 0.318. The SMILES string of the molecule is CC(CN)(NCc1ccc(Cl)s1)C1CC1.Cl. The Bertz CT molecular complexity index is 338. The minimum Gasteiger partial charge on any atom is -0.329 e. The van der Waals surface area contributed by atoms with Crippen LogP contribution in [-0.4, -0.2) is 12.1 Å². The number of hydrogen-bond acceptors (Lipinski definition) is 3. The van der Waals surface area contributed by atoms with Crippen molar-refractivity contribution in [2.75, 3.05) is 6.54 Å². The second kappa shape index (κ2) is 5.69. The van der Waals surface area contributed by atoms with E-state index >= 15 is 0 Å². The van der Waals surface area contributed by atoms with Crippen LogP contribution in [0.2, 0.25) is 4.34 Å². The summed E-state index contributed by atoms with van der Waals surface area (Å²) in [4.78, 5) is 1.28. The molecule has 1 aromatic rings. The van der Waals surface area contributed by atoms with Gasteiger partial charge in [-0.15, -0.1) is 23.7 Å². The highest BCUT2D eigenvalue weighted by atomic mass is 35.5. The van der Waals surface area contributed by atoms with Gasteiger partial charge >= 0.3 is 0 Å². The third-order valence-corrected chi connectivity index (χ3v) is 4.43. The van der Waals surface area contributed by atoms with E-state index in [1.54, 1.807) is 11.3 Å². The molecule has 3 N–H and O–H groups in total. The van der Waals surface area contributed by atoms with E-state index in [0.717, 1.165) is 16.8 Å². The van der Waals surface area contributed by atoms with Crippen LogP contribution in [0.4, 0.5) is 0 Å². The third-order valence-electron chi connectivity index (χ3n) is 3.20. The van der Waals surface area contributed by atoms with Gasteiger partial charge in [0, 0.05) is 23.5 Å². The average Bonchev–Trinajstić information content (AvgIpc) is 3.00. The van der Waals surface area contributed by atoms with Crippen molar-refractivity contribution >= 4 is 35.3 Å². The number of thiophene rings is 1. The predicted octanol–water partition coefficient (Wildman–Crippen LogP) is 3.04. The van der Waals surface area contributed by atoms with Crippen molar-refractivity contribution in [1.82, 2.24) is 5.32 Å². The Morgan fingerprint density at radius 2 is 2.25 bits per heavy atom. The Morgan fingerprint density at radius 3 is 2.69 bits per heavy atom. The Morgan fingerprint density at radius 1 is 1.56 bits per heavy atom. The Hall–Kier alpha value is 0.200. The Labute approximate surface area is 112 Å². The summed E-state index contributed by atoms with van der Waals surface area (Å²) in [7, 11) is 0. The van der Waals surface area contributed by atoms with Gasteiger partial charge in [-0.1, -0.05) is 11.6 Å². The van der Waals surface area contributed by atoms with Crippen LogP contribution in [0.15, 0.2) is 12.1 Å². The topological polar surface area (TPSA) is 38.0 Å². The quantitative estimate of drug-likeness (QED) is 0.870. The number of rotatable bonds is 5. The molecular weight excluding hydrogens is 263 g/mol. The van der Waals surface area contributed by atoms with Gasteiger partial charge in [0.1, 0.15) is 0 Å². The summed E-state index contributed by atoms with van der Waals surface area (Å²) in [5.74, 6) is 0.762. The first-order chi connectivity index (χ1) is 7.14. The van der Waals surface area contributed by atoms with Crippen molar-refractivity contribution in [3.05, 3.63) is 21.3 Å². The van der Waals surface area contributed by atoms with Gasteiger partial charge in [0.2, 0.25) is 0 Å². The molecule has 1 fully saturated rings. The van der Waals surface area contributed by atoms with E-state index in [1.807, 2.05) is 6.07 Å². The normalized spacial score (nSPS) is 18.9. The highest BCUT2D eigenvalue weighted by molar-refractivity contribution is 7.16. The molecule has 1 heterocycles. The molecule has 0 saturated heterocycles. The standard InChI is InChI=1S/C11H17ClN2S.ClH/c1-11(7-13,8-2-3-8)14-6-9-4-5-10(12)15-9;/h4-5,8,14H,2-3,6-7,13H2,1H3;1H. The van der Waals surface area contributed by atoms with Crippen molar-refractivity contribution in [2.45, 2.75) is 31.8 Å². The first kappa shape index (κ1) is 14.3. The van der Waals surface area contributed by atoms with Gasteiger partial charge in [-0.2, -0.15) is 0 Å². The van der Waals surface area contributed by atoms with Crippen LogP contribution < -0.4 is 11.1 Å². The maximum atomic E-state index is 5.89. The summed E-state index contributed by atoms with van der Waals surface area (Å²) in [5.41, 5.74) is 5.94. The van der Waals surface area contributed by atoms with Crippen LogP contribution in [0.25, 0.3) is 0 Å². The number of halogens is 2. The lowest BCUT2D eigenvalue weighted by Gasteiger charge is -2.29. The maximum Gasteiger partial charge on any atom is 0.0931 e. The van der Waals surface area contributed by atoms with E-state index in [0.29, 0.717) is 6.54 Å². The molecule has 0 radical (unpaired) electrons. The molecule has 0 spiro atoms. The average molecular weight is 281 g/mol. The number of nitrogens with two attached hydrogens (primary N) is 1. The van der Waals surface area contributed by atoms with E-state index in [1.165, 1.54) is 17.7 Å². The molecule has 1 aromatic heterocycles. The van der Waals surface area contributed by atoms with Crippen molar-refractivity contribution in [3.8, 4) is 0 Å². The van der Waals surface area contributed by atoms with Crippen LogP contribution >= 0.6 is 35.3 Å². The zero-order valence-corrected chi connectivity index (χ0v) is 11.7. The fraction of sp³-hybridized carbons (Fsp3) is 0.636. The van der Waals surface area contributed by atoms with E-state index < -0.39 is 0 Å². The van der Waals surface area contributed by atoms with Gasteiger partial charge in [-0.3, -0.25) is 0 Å². The monoisotopic (exact) mass is 280 g/mol. The first-order valence-corrected chi connectivity index (χ1v) is 6.53. The number of nitrogens with one attached hydrogen (secondary N) is 1. The van der Waals surface area contributed by atoms with Crippen molar-refractivity contribution in [2.24, 2.45) is 11.7 Å². The summed E-state index contributed by atoms with van der Waals surface area (Å²) in [6.45, 7) is 3.80. The highest BCUT2D eigenvalue weighted by Gasteiger charge is 2.39. The molecule has 1 aliphatic carbocycles. The zero-order valence-electron chi connectivity index (χ0n) is 9.33. The summed E-state index contributed by atoms with van der Waals surface area (Å²) in [6.07, 6.45) is 2.62.